The van der Waals surface area contributed by atoms with E-state index in [1.54, 1.807) is 0 Å². The van der Waals surface area contributed by atoms with E-state index in [1.165, 1.54) is 193 Å². The van der Waals surface area contributed by atoms with E-state index in [-0.39, 0.29) is 0 Å². The maximum absolute atomic E-state index is 5.41. The average Bonchev–Trinajstić information content (AvgIpc) is 2.85. The van der Waals surface area contributed by atoms with Gasteiger partial charge in [0.2, 0.25) is 0 Å². The first-order valence-electron chi connectivity index (χ1n) is 16.4. The Balaban J connectivity index is 3.00. The summed E-state index contributed by atoms with van der Waals surface area (Å²) < 4.78 is 0. The summed E-state index contributed by atoms with van der Waals surface area (Å²) in [6.45, 7) is 7.72. The standard InChI is InChI=1S/C34H67/c1-3-5-7-9-11-13-15-17-19-21-23-25-27-29-31-33-34-32-30-28-26-24-22-20-18-16-14-12-10-8-6-4-2/h1,3H,4-34H2,2H3. The molecule has 0 saturated heterocycles. The normalized spacial score (nSPS) is 11.3. The molecule has 0 heteroatoms. The highest BCUT2D eigenvalue weighted by atomic mass is 14.0. The molecule has 203 valence electrons. The van der Waals surface area contributed by atoms with Crippen LogP contribution in [0.15, 0.2) is 6.08 Å². The van der Waals surface area contributed by atoms with Gasteiger partial charge in [-0.25, -0.2) is 0 Å². The number of unbranched alkanes of at least 4 members (excludes halogenated alkanes) is 30. The molecular formula is C34H67. The van der Waals surface area contributed by atoms with Crippen LogP contribution in [0.25, 0.3) is 0 Å². The fourth-order valence-electron chi connectivity index (χ4n) is 5.29. The summed E-state index contributed by atoms with van der Waals surface area (Å²) in [4.78, 5) is 0. The van der Waals surface area contributed by atoms with Gasteiger partial charge in [0, 0.05) is 0 Å². The second-order valence-corrected chi connectivity index (χ2v) is 11.3. The van der Waals surface area contributed by atoms with Gasteiger partial charge in [-0.15, -0.1) is 0 Å². The van der Waals surface area contributed by atoms with Crippen molar-refractivity contribution < 1.29 is 0 Å². The molecule has 0 aliphatic rings. The van der Waals surface area contributed by atoms with Crippen LogP contribution in [0.5, 0.6) is 0 Å². The van der Waals surface area contributed by atoms with Gasteiger partial charge in [-0.05, 0) is 12.8 Å². The van der Waals surface area contributed by atoms with Crippen LogP contribution in [0, 0.1) is 6.58 Å². The highest BCUT2D eigenvalue weighted by Crippen LogP contribution is 2.16. The Kier molecular flexibility index (Phi) is 32.5. The van der Waals surface area contributed by atoms with Crippen LogP contribution >= 0.6 is 0 Å². The lowest BCUT2D eigenvalue weighted by Crippen LogP contribution is -1.85. The Bertz CT molecular complexity index is 344. The van der Waals surface area contributed by atoms with Crippen molar-refractivity contribution >= 4 is 0 Å². The zero-order valence-corrected chi connectivity index (χ0v) is 24.1. The van der Waals surface area contributed by atoms with Crippen molar-refractivity contribution in [2.24, 2.45) is 0 Å². The van der Waals surface area contributed by atoms with Crippen molar-refractivity contribution in [1.82, 2.24) is 0 Å². The summed E-state index contributed by atoms with van der Waals surface area (Å²) in [6, 6.07) is 0. The number of hydrogen-bond acceptors (Lipinski definition) is 0. The lowest BCUT2D eigenvalue weighted by Gasteiger charge is -2.04. The van der Waals surface area contributed by atoms with E-state index < -0.39 is 0 Å². The first-order valence-corrected chi connectivity index (χ1v) is 16.4. The van der Waals surface area contributed by atoms with Gasteiger partial charge < -0.3 is 0 Å². The smallest absolute Gasteiger partial charge is 0.0348 e. The van der Waals surface area contributed by atoms with Crippen LogP contribution in [-0.4, -0.2) is 0 Å². The highest BCUT2D eigenvalue weighted by molar-refractivity contribution is 4.61. The van der Waals surface area contributed by atoms with E-state index in [0.717, 1.165) is 6.42 Å². The third kappa shape index (κ3) is 31.7. The number of allylic oxidation sites excluding steroid dienone is 1. The van der Waals surface area contributed by atoms with Gasteiger partial charge in [0.05, 0.1) is 0 Å². The summed E-state index contributed by atoms with van der Waals surface area (Å²) in [5, 5.41) is 0. The maximum Gasteiger partial charge on any atom is -0.0348 e. The SMILES string of the molecule is [CH]=CCCCCCCCCCCCCCCCCCCCCCCCCCCCCCCCC. The minimum Gasteiger partial charge on any atom is -0.0845 e. The third-order valence-electron chi connectivity index (χ3n) is 7.72. The van der Waals surface area contributed by atoms with E-state index in [1.807, 2.05) is 6.08 Å². The van der Waals surface area contributed by atoms with Gasteiger partial charge in [0.25, 0.3) is 0 Å². The van der Waals surface area contributed by atoms with Gasteiger partial charge >= 0.3 is 0 Å². The molecule has 0 saturated carbocycles. The van der Waals surface area contributed by atoms with Crippen LogP contribution in [0.3, 0.4) is 0 Å². The molecule has 0 nitrogen and oxygen atoms in total. The summed E-state index contributed by atoms with van der Waals surface area (Å²) in [5.74, 6) is 0. The molecule has 0 N–H and O–H groups in total. The van der Waals surface area contributed by atoms with E-state index in [9.17, 15) is 0 Å². The minimum atomic E-state index is 1.10. The highest BCUT2D eigenvalue weighted by Gasteiger charge is 1.96. The summed E-state index contributed by atoms with van der Waals surface area (Å²) >= 11 is 0. The van der Waals surface area contributed by atoms with Crippen LogP contribution < -0.4 is 0 Å². The Morgan fingerprint density at radius 2 is 0.471 bits per heavy atom. The van der Waals surface area contributed by atoms with E-state index >= 15 is 0 Å². The quantitative estimate of drug-likeness (QED) is 0.0874. The molecule has 0 atom stereocenters. The Labute approximate surface area is 218 Å². The van der Waals surface area contributed by atoms with Crippen molar-refractivity contribution in [2.75, 3.05) is 0 Å². The molecule has 0 spiro atoms. The molecule has 0 aliphatic carbocycles. The van der Waals surface area contributed by atoms with Gasteiger partial charge in [-0.1, -0.05) is 206 Å². The molecule has 0 aromatic heterocycles. The van der Waals surface area contributed by atoms with E-state index in [4.69, 9.17) is 6.58 Å². The molecule has 0 unspecified atom stereocenters. The van der Waals surface area contributed by atoms with Crippen LogP contribution in [0.1, 0.15) is 206 Å². The Morgan fingerprint density at radius 1 is 0.294 bits per heavy atom. The first-order chi connectivity index (χ1) is 16.9. The predicted octanol–water partition coefficient (Wildman–Crippen LogP) is 13.1. The van der Waals surface area contributed by atoms with Crippen molar-refractivity contribution in [2.45, 2.75) is 206 Å². The first kappa shape index (κ1) is 33.7. The topological polar surface area (TPSA) is 0 Å². The average molecular weight is 476 g/mol. The predicted molar refractivity (Wildman–Crippen MR) is 158 cm³/mol. The lowest BCUT2D eigenvalue weighted by atomic mass is 10.0. The van der Waals surface area contributed by atoms with Crippen molar-refractivity contribution in [1.29, 1.82) is 0 Å². The van der Waals surface area contributed by atoms with Crippen molar-refractivity contribution in [3.63, 3.8) is 0 Å². The number of hydrogen-bond donors (Lipinski definition) is 0. The summed E-state index contributed by atoms with van der Waals surface area (Å²) in [5.41, 5.74) is 0. The molecule has 0 aliphatic heterocycles. The van der Waals surface area contributed by atoms with Gasteiger partial charge in [-0.3, -0.25) is 0 Å². The molecule has 0 amide bonds. The third-order valence-corrected chi connectivity index (χ3v) is 7.72. The van der Waals surface area contributed by atoms with Gasteiger partial charge in [0.1, 0.15) is 0 Å². The summed E-state index contributed by atoms with van der Waals surface area (Å²) in [7, 11) is 0. The molecule has 1 radical (unpaired) electrons. The van der Waals surface area contributed by atoms with Crippen LogP contribution in [0.4, 0.5) is 0 Å². The Morgan fingerprint density at radius 3 is 0.647 bits per heavy atom. The molecular weight excluding hydrogens is 408 g/mol. The van der Waals surface area contributed by atoms with E-state index in [2.05, 4.69) is 6.92 Å². The maximum atomic E-state index is 5.41. The second-order valence-electron chi connectivity index (χ2n) is 11.3. The molecule has 0 bridgehead atoms. The molecule has 0 heterocycles. The summed E-state index contributed by atoms with van der Waals surface area (Å²) in [6.07, 6.45) is 46.8. The lowest BCUT2D eigenvalue weighted by molar-refractivity contribution is 0.513. The fourth-order valence-corrected chi connectivity index (χ4v) is 5.29. The molecule has 34 heavy (non-hydrogen) atoms. The van der Waals surface area contributed by atoms with Crippen LogP contribution in [0.2, 0.25) is 0 Å². The second kappa shape index (κ2) is 32.7. The number of rotatable bonds is 31. The van der Waals surface area contributed by atoms with E-state index in [0.29, 0.717) is 0 Å². The van der Waals surface area contributed by atoms with Gasteiger partial charge in [0.15, 0.2) is 0 Å². The molecule has 0 aromatic rings. The van der Waals surface area contributed by atoms with Crippen molar-refractivity contribution in [3.8, 4) is 0 Å². The Hall–Kier alpha value is -0.260. The molecule has 0 aromatic carbocycles. The monoisotopic (exact) mass is 476 g/mol. The fraction of sp³-hybridized carbons (Fsp3) is 0.941. The van der Waals surface area contributed by atoms with Crippen molar-refractivity contribution in [3.05, 3.63) is 12.7 Å². The van der Waals surface area contributed by atoms with Gasteiger partial charge in [-0.2, -0.15) is 0 Å². The molecule has 0 rings (SSSR count). The van der Waals surface area contributed by atoms with Crippen LogP contribution in [-0.2, 0) is 0 Å². The zero-order chi connectivity index (χ0) is 24.6. The zero-order valence-electron chi connectivity index (χ0n) is 24.1. The largest absolute Gasteiger partial charge is 0.0845 e. The minimum absolute atomic E-state index is 1.10. The molecule has 0 fully saturated rings.